The molecule has 1 N–H and O–H groups in total. The van der Waals surface area contributed by atoms with Crippen molar-refractivity contribution in [1.82, 2.24) is 29.9 Å². The van der Waals surface area contributed by atoms with Crippen LogP contribution in [-0.2, 0) is 0 Å². The van der Waals surface area contributed by atoms with E-state index in [2.05, 4.69) is 25.4 Å². The molecule has 0 fully saturated rings. The van der Waals surface area contributed by atoms with Crippen molar-refractivity contribution in [3.8, 4) is 0 Å². The van der Waals surface area contributed by atoms with Gasteiger partial charge in [-0.2, -0.15) is 0 Å². The van der Waals surface area contributed by atoms with Gasteiger partial charge in [-0.25, -0.2) is 14.9 Å². The van der Waals surface area contributed by atoms with Crippen molar-refractivity contribution < 1.29 is 0 Å². The molecule has 0 aliphatic rings. The van der Waals surface area contributed by atoms with Gasteiger partial charge < -0.3 is 0 Å². The minimum Gasteiger partial charge on any atom is -0.267 e. The van der Waals surface area contributed by atoms with Gasteiger partial charge in [0.05, 0.1) is 0 Å². The third kappa shape index (κ3) is 2.65. The molecule has 2 rings (SSSR count). The molecule has 0 amide bonds. The predicted octanol–water partition coefficient (Wildman–Crippen LogP) is 1.80. The van der Waals surface area contributed by atoms with Gasteiger partial charge in [-0.1, -0.05) is 11.6 Å². The number of aromatic amines is 1. The number of hydrogen-bond donors (Lipinski definition) is 1. The number of H-pyrrole nitrogens is 1. The van der Waals surface area contributed by atoms with Gasteiger partial charge in [0.25, 0.3) is 0 Å². The van der Waals surface area contributed by atoms with E-state index in [-0.39, 0.29) is 22.2 Å². The van der Waals surface area contributed by atoms with Crippen LogP contribution < -0.4 is 5.69 Å². The molecule has 0 atom stereocenters. The Morgan fingerprint density at radius 2 is 2.06 bits per heavy atom. The van der Waals surface area contributed by atoms with Crippen LogP contribution in [0.5, 0.6) is 0 Å². The first-order chi connectivity index (χ1) is 8.49. The molecule has 10 heteroatoms. The Labute approximate surface area is 116 Å². The average molecular weight is 307 g/mol. The minimum atomic E-state index is -0.295. The summed E-state index contributed by atoms with van der Waals surface area (Å²) in [4.78, 5) is 15.5. The Morgan fingerprint density at radius 1 is 1.33 bits per heavy atom. The number of rotatable bonds is 3. The van der Waals surface area contributed by atoms with Crippen LogP contribution in [0.25, 0.3) is 0 Å². The van der Waals surface area contributed by atoms with Gasteiger partial charge in [0.2, 0.25) is 5.28 Å². The van der Waals surface area contributed by atoms with Gasteiger partial charge in [-0.05, 0) is 37.2 Å². The van der Waals surface area contributed by atoms with E-state index >= 15 is 0 Å². The van der Waals surface area contributed by atoms with Crippen LogP contribution in [0.1, 0.15) is 19.9 Å². The van der Waals surface area contributed by atoms with Crippen LogP contribution in [0.2, 0.25) is 10.4 Å². The summed E-state index contributed by atoms with van der Waals surface area (Å²) in [6.07, 6.45) is 0. The lowest BCUT2D eigenvalue weighted by Crippen LogP contribution is -2.19. The molecule has 2 aromatic heterocycles. The molecule has 0 aromatic carbocycles. The van der Waals surface area contributed by atoms with E-state index in [1.165, 1.54) is 4.57 Å². The number of nitrogens with one attached hydrogen (secondary N) is 1. The van der Waals surface area contributed by atoms with E-state index in [0.29, 0.717) is 10.2 Å². The van der Waals surface area contributed by atoms with Crippen LogP contribution in [0, 0.1) is 0 Å². The van der Waals surface area contributed by atoms with Crippen LogP contribution in [0.4, 0.5) is 0 Å². The Hall–Kier alpha value is -1.12. The molecule has 0 unspecified atom stereocenters. The molecular formula is C8H8Cl2N6OS. The monoisotopic (exact) mass is 306 g/mol. The summed E-state index contributed by atoms with van der Waals surface area (Å²) in [7, 11) is 0. The van der Waals surface area contributed by atoms with E-state index in [4.69, 9.17) is 23.2 Å². The Morgan fingerprint density at radius 3 is 2.72 bits per heavy atom. The molecule has 0 radical (unpaired) electrons. The normalized spacial score (nSPS) is 11.2. The Balaban J connectivity index is 2.40. The maximum atomic E-state index is 11.5. The first-order valence-corrected chi connectivity index (χ1v) is 6.46. The summed E-state index contributed by atoms with van der Waals surface area (Å²) in [5, 5.41) is 14.3. The summed E-state index contributed by atoms with van der Waals surface area (Å²) in [5.74, 6) is 0. The molecule has 18 heavy (non-hydrogen) atoms. The van der Waals surface area contributed by atoms with Crippen LogP contribution in [-0.4, -0.2) is 29.9 Å². The second kappa shape index (κ2) is 5.25. The van der Waals surface area contributed by atoms with Crippen molar-refractivity contribution in [1.29, 1.82) is 0 Å². The third-order valence-corrected chi connectivity index (χ3v) is 3.44. The highest BCUT2D eigenvalue weighted by molar-refractivity contribution is 7.99. The fraction of sp³-hybridized carbons (Fsp3) is 0.375. The van der Waals surface area contributed by atoms with Crippen molar-refractivity contribution in [2.45, 2.75) is 30.1 Å². The topological polar surface area (TPSA) is 89.3 Å². The highest BCUT2D eigenvalue weighted by Crippen LogP contribution is 2.29. The zero-order chi connectivity index (χ0) is 13.3. The lowest BCUT2D eigenvalue weighted by Gasteiger charge is -2.08. The van der Waals surface area contributed by atoms with Crippen LogP contribution in [0.3, 0.4) is 0 Å². The minimum absolute atomic E-state index is 0.0177. The Bertz CT molecular complexity index is 624. The van der Waals surface area contributed by atoms with E-state index in [9.17, 15) is 4.79 Å². The SMILES string of the molecule is CC(C)n1c(Sc2nc(Cl)nnc2Cl)n[nH]c1=O. The summed E-state index contributed by atoms with van der Waals surface area (Å²) in [6, 6.07) is -0.0391. The van der Waals surface area contributed by atoms with E-state index < -0.39 is 0 Å². The zero-order valence-electron chi connectivity index (χ0n) is 9.39. The standard InChI is InChI=1S/C8H8Cl2N6OS/c1-3(2)16-7(17)14-15-8(16)18-5-4(9)12-13-6(10)11-5/h3H,1-2H3,(H,14,17). The molecular weight excluding hydrogens is 299 g/mol. The highest BCUT2D eigenvalue weighted by atomic mass is 35.5. The molecule has 0 saturated carbocycles. The number of nitrogens with zero attached hydrogens (tertiary/aromatic N) is 5. The van der Waals surface area contributed by atoms with Crippen molar-refractivity contribution >= 4 is 35.0 Å². The maximum absolute atomic E-state index is 11.5. The van der Waals surface area contributed by atoms with Gasteiger partial charge >= 0.3 is 5.69 Å². The van der Waals surface area contributed by atoms with E-state index in [1.54, 1.807) is 0 Å². The van der Waals surface area contributed by atoms with Gasteiger partial charge in [-0.3, -0.25) is 4.57 Å². The van der Waals surface area contributed by atoms with E-state index in [0.717, 1.165) is 11.8 Å². The largest absolute Gasteiger partial charge is 0.344 e. The molecule has 0 spiro atoms. The number of halogens is 2. The van der Waals surface area contributed by atoms with Gasteiger partial charge in [0, 0.05) is 6.04 Å². The fourth-order valence-electron chi connectivity index (χ4n) is 1.25. The summed E-state index contributed by atoms with van der Waals surface area (Å²) >= 11 is 12.6. The predicted molar refractivity (Wildman–Crippen MR) is 67.2 cm³/mol. The molecule has 0 aliphatic carbocycles. The summed E-state index contributed by atoms with van der Waals surface area (Å²) in [6.45, 7) is 3.74. The fourth-order valence-corrected chi connectivity index (χ4v) is 2.53. The number of hydrogen-bond acceptors (Lipinski definition) is 6. The number of aromatic nitrogens is 6. The van der Waals surface area contributed by atoms with Crippen molar-refractivity contribution in [3.63, 3.8) is 0 Å². The lowest BCUT2D eigenvalue weighted by atomic mass is 10.4. The molecule has 0 saturated heterocycles. The second-order valence-electron chi connectivity index (χ2n) is 3.55. The quantitative estimate of drug-likeness (QED) is 0.930. The first-order valence-electron chi connectivity index (χ1n) is 4.89. The van der Waals surface area contributed by atoms with Gasteiger partial charge in [0.1, 0.15) is 5.03 Å². The van der Waals surface area contributed by atoms with Gasteiger partial charge in [-0.15, -0.1) is 15.3 Å². The first kappa shape index (κ1) is 13.3. The molecule has 0 aliphatic heterocycles. The van der Waals surface area contributed by atoms with Crippen LogP contribution in [0.15, 0.2) is 15.0 Å². The van der Waals surface area contributed by atoms with Gasteiger partial charge in [0.15, 0.2) is 10.3 Å². The molecule has 2 aromatic rings. The molecule has 0 bridgehead atoms. The van der Waals surface area contributed by atoms with E-state index in [1.807, 2.05) is 13.8 Å². The zero-order valence-corrected chi connectivity index (χ0v) is 11.7. The smallest absolute Gasteiger partial charge is 0.267 e. The molecule has 2 heterocycles. The van der Waals surface area contributed by atoms with Crippen LogP contribution >= 0.6 is 35.0 Å². The maximum Gasteiger partial charge on any atom is 0.344 e. The van der Waals surface area contributed by atoms with Crippen molar-refractivity contribution in [3.05, 3.63) is 20.9 Å². The summed E-state index contributed by atoms with van der Waals surface area (Å²) in [5.41, 5.74) is -0.295. The highest BCUT2D eigenvalue weighted by Gasteiger charge is 2.16. The second-order valence-corrected chi connectivity index (χ2v) is 5.21. The van der Waals surface area contributed by atoms with Crippen molar-refractivity contribution in [2.24, 2.45) is 0 Å². The molecule has 96 valence electrons. The third-order valence-electron chi connectivity index (χ3n) is 1.97. The lowest BCUT2D eigenvalue weighted by molar-refractivity contribution is 0.534. The summed E-state index contributed by atoms with van der Waals surface area (Å²) < 4.78 is 1.48. The van der Waals surface area contributed by atoms with Crippen molar-refractivity contribution in [2.75, 3.05) is 0 Å². The molecule has 7 nitrogen and oxygen atoms in total. The Kier molecular flexibility index (Phi) is 3.88. The average Bonchev–Trinajstić information content (AvgIpc) is 2.65.